The first kappa shape index (κ1) is 12.9. The zero-order chi connectivity index (χ0) is 13.7. The van der Waals surface area contributed by atoms with E-state index in [1.54, 1.807) is 6.07 Å². The van der Waals surface area contributed by atoms with Gasteiger partial charge < -0.3 is 8.83 Å². The quantitative estimate of drug-likeness (QED) is 0.819. The van der Waals surface area contributed by atoms with E-state index in [9.17, 15) is 9.59 Å². The summed E-state index contributed by atoms with van der Waals surface area (Å²) in [6.45, 7) is 1.84. The predicted molar refractivity (Wildman–Crippen MR) is 66.1 cm³/mol. The van der Waals surface area contributed by atoms with Crippen molar-refractivity contribution in [3.8, 4) is 0 Å². The molecular weight excluding hydrogens is 248 g/mol. The molecule has 0 spiro atoms. The number of amides is 2. The Bertz CT molecular complexity index is 557. The molecule has 0 aliphatic rings. The van der Waals surface area contributed by atoms with Crippen molar-refractivity contribution in [1.82, 2.24) is 10.9 Å². The van der Waals surface area contributed by atoms with Crippen LogP contribution in [0.1, 0.15) is 28.5 Å². The van der Waals surface area contributed by atoms with Gasteiger partial charge in [-0.15, -0.1) is 0 Å². The number of carbonyl (C=O) groups is 2. The van der Waals surface area contributed by atoms with Crippen LogP contribution >= 0.6 is 0 Å². The van der Waals surface area contributed by atoms with Crippen LogP contribution in [-0.2, 0) is 11.2 Å². The molecular formula is C13H14N2O4. The van der Waals surface area contributed by atoms with Gasteiger partial charge in [-0.05, 0) is 31.2 Å². The molecule has 0 aliphatic carbocycles. The van der Waals surface area contributed by atoms with Gasteiger partial charge in [0.15, 0.2) is 5.76 Å². The molecule has 0 fully saturated rings. The number of hydrogen-bond donors (Lipinski definition) is 2. The van der Waals surface area contributed by atoms with Gasteiger partial charge in [-0.25, -0.2) is 0 Å². The normalized spacial score (nSPS) is 10.2. The second-order valence-electron chi connectivity index (χ2n) is 3.99. The summed E-state index contributed by atoms with van der Waals surface area (Å²) in [5.74, 6) is 0.898. The highest BCUT2D eigenvalue weighted by Crippen LogP contribution is 2.08. The molecule has 0 saturated carbocycles. The fraction of sp³-hybridized carbons (Fsp3) is 0.231. The molecule has 0 radical (unpaired) electrons. The van der Waals surface area contributed by atoms with Crippen LogP contribution in [0.4, 0.5) is 0 Å². The van der Waals surface area contributed by atoms with E-state index in [1.165, 1.54) is 12.3 Å². The number of furan rings is 2. The second kappa shape index (κ2) is 5.90. The van der Waals surface area contributed by atoms with Crippen LogP contribution in [0.5, 0.6) is 0 Å². The lowest BCUT2D eigenvalue weighted by molar-refractivity contribution is -0.121. The van der Waals surface area contributed by atoms with Crippen LogP contribution in [0.2, 0.25) is 0 Å². The molecule has 6 nitrogen and oxygen atoms in total. The highest BCUT2D eigenvalue weighted by molar-refractivity contribution is 5.92. The second-order valence-corrected chi connectivity index (χ2v) is 3.99. The Morgan fingerprint density at radius 1 is 1.21 bits per heavy atom. The van der Waals surface area contributed by atoms with Crippen LogP contribution < -0.4 is 10.9 Å². The molecule has 6 heteroatoms. The molecule has 19 heavy (non-hydrogen) atoms. The smallest absolute Gasteiger partial charge is 0.305 e. The number of hydrazine groups is 1. The summed E-state index contributed by atoms with van der Waals surface area (Å²) < 4.78 is 10.2. The number of nitrogens with one attached hydrogen (secondary N) is 2. The van der Waals surface area contributed by atoms with Gasteiger partial charge in [-0.3, -0.25) is 20.4 Å². The van der Waals surface area contributed by atoms with Crippen molar-refractivity contribution >= 4 is 11.8 Å². The maximum absolute atomic E-state index is 11.5. The molecule has 0 unspecified atom stereocenters. The standard InChI is InChI=1S/C13H14N2O4/c1-9-4-5-10(19-9)6-7-12(16)14-15-13(17)11-3-2-8-18-11/h2-5,8H,6-7H2,1H3,(H,14,16)(H,15,17). The Morgan fingerprint density at radius 2 is 2.05 bits per heavy atom. The molecule has 100 valence electrons. The number of aryl methyl sites for hydroxylation is 2. The lowest BCUT2D eigenvalue weighted by Crippen LogP contribution is -2.41. The van der Waals surface area contributed by atoms with Gasteiger partial charge in [0, 0.05) is 12.8 Å². The lowest BCUT2D eigenvalue weighted by atomic mass is 10.2. The summed E-state index contributed by atoms with van der Waals surface area (Å²) in [7, 11) is 0. The van der Waals surface area contributed by atoms with Gasteiger partial charge in [0.1, 0.15) is 11.5 Å². The van der Waals surface area contributed by atoms with Gasteiger partial charge in [-0.2, -0.15) is 0 Å². The Hall–Kier alpha value is -2.50. The van der Waals surface area contributed by atoms with Crippen molar-refractivity contribution in [3.63, 3.8) is 0 Å². The third-order valence-electron chi connectivity index (χ3n) is 2.45. The first-order valence-electron chi connectivity index (χ1n) is 5.83. The summed E-state index contributed by atoms with van der Waals surface area (Å²) in [6.07, 6.45) is 2.09. The third kappa shape index (κ3) is 3.74. The summed E-state index contributed by atoms with van der Waals surface area (Å²) in [5.41, 5.74) is 4.57. The summed E-state index contributed by atoms with van der Waals surface area (Å²) in [6, 6.07) is 6.76. The summed E-state index contributed by atoms with van der Waals surface area (Å²) in [5, 5.41) is 0. The molecule has 0 atom stereocenters. The van der Waals surface area contributed by atoms with E-state index in [1.807, 2.05) is 19.1 Å². The zero-order valence-corrected chi connectivity index (χ0v) is 10.4. The summed E-state index contributed by atoms with van der Waals surface area (Å²) in [4.78, 5) is 22.9. The van der Waals surface area contributed by atoms with Gasteiger partial charge in [-0.1, -0.05) is 0 Å². The van der Waals surface area contributed by atoms with Gasteiger partial charge in [0.05, 0.1) is 6.26 Å². The number of rotatable bonds is 4. The zero-order valence-electron chi connectivity index (χ0n) is 10.4. The minimum atomic E-state index is -0.493. The predicted octanol–water partition coefficient (Wildman–Crippen LogP) is 1.57. The summed E-state index contributed by atoms with van der Waals surface area (Å²) >= 11 is 0. The minimum absolute atomic E-state index is 0.141. The van der Waals surface area contributed by atoms with Gasteiger partial charge in [0.2, 0.25) is 5.91 Å². The van der Waals surface area contributed by atoms with E-state index < -0.39 is 5.91 Å². The molecule has 2 aromatic heterocycles. The van der Waals surface area contributed by atoms with Crippen LogP contribution in [0.15, 0.2) is 39.4 Å². The highest BCUT2D eigenvalue weighted by atomic mass is 16.3. The largest absolute Gasteiger partial charge is 0.466 e. The van der Waals surface area contributed by atoms with Crippen molar-refractivity contribution in [2.45, 2.75) is 19.8 Å². The lowest BCUT2D eigenvalue weighted by Gasteiger charge is -2.04. The minimum Gasteiger partial charge on any atom is -0.466 e. The van der Waals surface area contributed by atoms with Crippen LogP contribution in [-0.4, -0.2) is 11.8 Å². The first-order chi connectivity index (χ1) is 9.15. The first-order valence-corrected chi connectivity index (χ1v) is 5.83. The molecule has 2 heterocycles. The van der Waals surface area contributed by atoms with E-state index in [0.29, 0.717) is 6.42 Å². The molecule has 2 rings (SSSR count). The van der Waals surface area contributed by atoms with E-state index in [2.05, 4.69) is 10.9 Å². The Morgan fingerprint density at radius 3 is 2.68 bits per heavy atom. The Kier molecular flexibility index (Phi) is 4.02. The van der Waals surface area contributed by atoms with Crippen molar-refractivity contribution in [2.24, 2.45) is 0 Å². The fourth-order valence-corrected chi connectivity index (χ4v) is 1.51. The maximum atomic E-state index is 11.5. The average Bonchev–Trinajstić information content (AvgIpc) is 3.04. The van der Waals surface area contributed by atoms with Crippen LogP contribution in [0.25, 0.3) is 0 Å². The monoisotopic (exact) mass is 262 g/mol. The van der Waals surface area contributed by atoms with Crippen LogP contribution in [0, 0.1) is 6.92 Å². The molecule has 2 N–H and O–H groups in total. The topological polar surface area (TPSA) is 84.5 Å². The van der Waals surface area contributed by atoms with Crippen LogP contribution in [0.3, 0.4) is 0 Å². The van der Waals surface area contributed by atoms with E-state index >= 15 is 0 Å². The molecule has 0 saturated heterocycles. The van der Waals surface area contributed by atoms with E-state index in [0.717, 1.165) is 11.5 Å². The maximum Gasteiger partial charge on any atom is 0.305 e. The molecule has 2 amide bonds. The van der Waals surface area contributed by atoms with Crippen molar-refractivity contribution < 1.29 is 18.4 Å². The molecule has 0 aliphatic heterocycles. The molecule has 0 aromatic carbocycles. The van der Waals surface area contributed by atoms with Gasteiger partial charge >= 0.3 is 5.91 Å². The van der Waals surface area contributed by atoms with E-state index in [4.69, 9.17) is 8.83 Å². The van der Waals surface area contributed by atoms with Crippen molar-refractivity contribution in [3.05, 3.63) is 47.8 Å². The molecule has 2 aromatic rings. The highest BCUT2D eigenvalue weighted by Gasteiger charge is 2.10. The fourth-order valence-electron chi connectivity index (χ4n) is 1.51. The van der Waals surface area contributed by atoms with Crippen molar-refractivity contribution in [1.29, 1.82) is 0 Å². The number of hydrogen-bond acceptors (Lipinski definition) is 4. The number of carbonyl (C=O) groups excluding carboxylic acids is 2. The van der Waals surface area contributed by atoms with E-state index in [-0.39, 0.29) is 18.1 Å². The SMILES string of the molecule is Cc1ccc(CCC(=O)NNC(=O)c2ccco2)o1. The average molecular weight is 262 g/mol. The van der Waals surface area contributed by atoms with Gasteiger partial charge in [0.25, 0.3) is 0 Å². The molecule has 0 bridgehead atoms. The Balaban J connectivity index is 1.71. The Labute approximate surface area is 109 Å². The third-order valence-corrected chi connectivity index (χ3v) is 2.45. The van der Waals surface area contributed by atoms with Crippen molar-refractivity contribution in [2.75, 3.05) is 0 Å².